The molecule has 0 spiro atoms. The number of nitrogens with one attached hydrogen (secondary N) is 2. The number of carbonyl (C=O) groups is 1. The summed E-state index contributed by atoms with van der Waals surface area (Å²) in [6, 6.07) is 7.04. The van der Waals surface area contributed by atoms with Crippen molar-refractivity contribution in [1.82, 2.24) is 25.1 Å². The molecule has 7 nitrogen and oxygen atoms in total. The number of amides is 1. The normalized spacial score (nSPS) is 11.0. The van der Waals surface area contributed by atoms with Crippen molar-refractivity contribution >= 4 is 29.1 Å². The largest absolute Gasteiger partial charge is 0.380 e. The molecule has 0 saturated heterocycles. The van der Waals surface area contributed by atoms with Crippen LogP contribution in [0.2, 0.25) is 10.0 Å². The van der Waals surface area contributed by atoms with Gasteiger partial charge in [-0.3, -0.25) is 9.36 Å². The van der Waals surface area contributed by atoms with Gasteiger partial charge in [-0.05, 0) is 24.6 Å². The summed E-state index contributed by atoms with van der Waals surface area (Å²) in [6.07, 6.45) is 5.35. The Morgan fingerprint density at radius 2 is 2.18 bits per heavy atom. The highest BCUT2D eigenvalue weighted by Crippen LogP contribution is 2.31. The van der Waals surface area contributed by atoms with Crippen molar-refractivity contribution in [2.24, 2.45) is 0 Å². The van der Waals surface area contributed by atoms with Crippen LogP contribution in [0.4, 0.5) is 0 Å². The van der Waals surface area contributed by atoms with Gasteiger partial charge in [0, 0.05) is 24.9 Å². The molecule has 0 atom stereocenters. The third-order valence-corrected chi connectivity index (χ3v) is 4.91. The first kappa shape index (κ1) is 20.4. The van der Waals surface area contributed by atoms with E-state index >= 15 is 0 Å². The van der Waals surface area contributed by atoms with E-state index in [2.05, 4.69) is 27.4 Å². The maximum absolute atomic E-state index is 12.3. The molecule has 1 amide bonds. The molecule has 28 heavy (non-hydrogen) atoms. The topological polar surface area (TPSA) is 84.8 Å². The summed E-state index contributed by atoms with van der Waals surface area (Å²) in [7, 11) is 0. The summed E-state index contributed by atoms with van der Waals surface area (Å²) in [5.41, 5.74) is 1.79. The first-order valence-corrected chi connectivity index (χ1v) is 9.76. The predicted molar refractivity (Wildman–Crippen MR) is 109 cm³/mol. The van der Waals surface area contributed by atoms with Crippen LogP contribution >= 0.6 is 23.2 Å². The van der Waals surface area contributed by atoms with Crippen LogP contribution in [0.5, 0.6) is 0 Å². The van der Waals surface area contributed by atoms with Gasteiger partial charge in [0.15, 0.2) is 5.82 Å². The lowest BCUT2D eigenvalue weighted by atomic mass is 10.2. The smallest absolute Gasteiger partial charge is 0.267 e. The molecule has 3 aromatic rings. The average Bonchev–Trinajstić information content (AvgIpc) is 3.35. The third kappa shape index (κ3) is 4.73. The predicted octanol–water partition coefficient (Wildman–Crippen LogP) is 4.12. The van der Waals surface area contributed by atoms with Gasteiger partial charge in [0.25, 0.3) is 5.91 Å². The van der Waals surface area contributed by atoms with Crippen LogP contribution in [0, 0.1) is 0 Å². The van der Waals surface area contributed by atoms with Crippen LogP contribution in [0.1, 0.15) is 30.3 Å². The van der Waals surface area contributed by atoms with Gasteiger partial charge >= 0.3 is 0 Å². The van der Waals surface area contributed by atoms with Gasteiger partial charge < -0.3 is 15.0 Å². The Bertz CT molecular complexity index is 938. The summed E-state index contributed by atoms with van der Waals surface area (Å²) in [5, 5.41) is 11.8. The van der Waals surface area contributed by atoms with E-state index in [4.69, 9.17) is 27.9 Å². The van der Waals surface area contributed by atoms with Crippen molar-refractivity contribution in [3.05, 3.63) is 52.5 Å². The number of hydrogen-bond donors (Lipinski definition) is 2. The number of rotatable bonds is 9. The highest BCUT2D eigenvalue weighted by Gasteiger charge is 2.16. The minimum atomic E-state index is -0.211. The first-order valence-electron chi connectivity index (χ1n) is 9.01. The highest BCUT2D eigenvalue weighted by atomic mass is 35.5. The van der Waals surface area contributed by atoms with Crippen LogP contribution in [-0.2, 0) is 4.74 Å². The van der Waals surface area contributed by atoms with Crippen LogP contribution in [0.15, 0.2) is 36.8 Å². The lowest BCUT2D eigenvalue weighted by molar-refractivity contribution is 0.0908. The average molecular weight is 422 g/mol. The standard InChI is InChI=1S/C19H21Cl2N5O2/c1-2-3-8-28-9-7-22-19(27)15-10-13(11-23-15)18-25-24-12-26(18)16-6-4-5-14(20)17(16)21/h4-6,10-12,23H,2-3,7-9H2,1H3,(H,22,27). The summed E-state index contributed by atoms with van der Waals surface area (Å²) < 4.78 is 7.16. The molecule has 3 rings (SSSR count). The molecular formula is C19H21Cl2N5O2. The van der Waals surface area contributed by atoms with E-state index in [1.54, 1.807) is 35.3 Å². The second-order valence-corrected chi connectivity index (χ2v) is 6.91. The number of ether oxygens (including phenoxy) is 1. The molecule has 0 unspecified atom stereocenters. The number of halogens is 2. The summed E-state index contributed by atoms with van der Waals surface area (Å²) in [4.78, 5) is 15.3. The zero-order valence-electron chi connectivity index (χ0n) is 15.4. The number of carbonyl (C=O) groups excluding carboxylic acids is 1. The van der Waals surface area contributed by atoms with Crippen LogP contribution in [0.3, 0.4) is 0 Å². The first-order chi connectivity index (χ1) is 13.6. The zero-order valence-corrected chi connectivity index (χ0v) is 16.9. The second kappa shape index (κ2) is 9.73. The third-order valence-electron chi connectivity index (χ3n) is 4.10. The van der Waals surface area contributed by atoms with Gasteiger partial charge in [-0.2, -0.15) is 0 Å². The fraction of sp³-hybridized carbons (Fsp3) is 0.316. The maximum atomic E-state index is 12.3. The lowest BCUT2D eigenvalue weighted by Gasteiger charge is -2.08. The van der Waals surface area contributed by atoms with E-state index in [0.717, 1.165) is 12.8 Å². The molecule has 0 aliphatic rings. The van der Waals surface area contributed by atoms with Gasteiger partial charge in [0.1, 0.15) is 12.0 Å². The van der Waals surface area contributed by atoms with E-state index in [1.165, 1.54) is 0 Å². The molecule has 2 heterocycles. The number of nitrogens with zero attached hydrogens (tertiary/aromatic N) is 3. The number of aromatic nitrogens is 4. The minimum Gasteiger partial charge on any atom is -0.380 e. The number of H-pyrrole nitrogens is 1. The lowest BCUT2D eigenvalue weighted by Crippen LogP contribution is -2.27. The summed E-state index contributed by atoms with van der Waals surface area (Å²) in [5.74, 6) is 0.333. The Balaban J connectivity index is 1.69. The quantitative estimate of drug-likeness (QED) is 0.508. The Morgan fingerprint density at radius 3 is 3.00 bits per heavy atom. The van der Waals surface area contributed by atoms with Gasteiger partial charge in [0.05, 0.1) is 22.3 Å². The van der Waals surface area contributed by atoms with Crippen molar-refractivity contribution in [1.29, 1.82) is 0 Å². The molecule has 148 valence electrons. The highest BCUT2D eigenvalue weighted by molar-refractivity contribution is 6.43. The summed E-state index contributed by atoms with van der Waals surface area (Å²) in [6.45, 7) is 3.75. The molecule has 0 bridgehead atoms. The molecule has 9 heteroatoms. The fourth-order valence-corrected chi connectivity index (χ4v) is 3.01. The molecule has 2 aromatic heterocycles. The maximum Gasteiger partial charge on any atom is 0.267 e. The Hall–Kier alpha value is -2.35. The monoisotopic (exact) mass is 421 g/mol. The molecular weight excluding hydrogens is 401 g/mol. The van der Waals surface area contributed by atoms with Crippen molar-refractivity contribution in [3.63, 3.8) is 0 Å². The molecule has 0 fully saturated rings. The van der Waals surface area contributed by atoms with Crippen LogP contribution < -0.4 is 5.32 Å². The number of aromatic amines is 1. The second-order valence-electron chi connectivity index (χ2n) is 6.12. The SMILES string of the molecule is CCCCOCCNC(=O)c1cc(-c2nncn2-c2cccc(Cl)c2Cl)c[nH]1. The van der Waals surface area contributed by atoms with Crippen LogP contribution in [-0.4, -0.2) is 45.4 Å². The molecule has 0 aliphatic carbocycles. The molecule has 0 radical (unpaired) electrons. The van der Waals surface area contributed by atoms with E-state index in [1.807, 2.05) is 6.07 Å². The fourth-order valence-electron chi connectivity index (χ4n) is 2.62. The number of unbranched alkanes of at least 4 members (excludes halogenated alkanes) is 1. The van der Waals surface area contributed by atoms with Gasteiger partial charge in [-0.25, -0.2) is 0 Å². The molecule has 0 aliphatic heterocycles. The summed E-state index contributed by atoms with van der Waals surface area (Å²) >= 11 is 12.4. The Morgan fingerprint density at radius 1 is 1.32 bits per heavy atom. The molecule has 2 N–H and O–H groups in total. The molecule has 1 aromatic carbocycles. The van der Waals surface area contributed by atoms with E-state index in [-0.39, 0.29) is 5.91 Å². The van der Waals surface area contributed by atoms with Crippen molar-refractivity contribution in [2.45, 2.75) is 19.8 Å². The van der Waals surface area contributed by atoms with Gasteiger partial charge in [0.2, 0.25) is 0 Å². The van der Waals surface area contributed by atoms with Gasteiger partial charge in [-0.15, -0.1) is 10.2 Å². The Kier molecular flexibility index (Phi) is 7.08. The van der Waals surface area contributed by atoms with E-state index in [9.17, 15) is 4.79 Å². The number of benzene rings is 1. The Labute approximate surface area is 173 Å². The molecule has 0 saturated carbocycles. The van der Waals surface area contributed by atoms with E-state index < -0.39 is 0 Å². The minimum absolute atomic E-state index is 0.211. The van der Waals surface area contributed by atoms with Crippen molar-refractivity contribution < 1.29 is 9.53 Å². The zero-order chi connectivity index (χ0) is 19.9. The van der Waals surface area contributed by atoms with Crippen molar-refractivity contribution in [2.75, 3.05) is 19.8 Å². The number of hydrogen-bond acceptors (Lipinski definition) is 4. The van der Waals surface area contributed by atoms with Crippen LogP contribution in [0.25, 0.3) is 17.1 Å². The van der Waals surface area contributed by atoms with Gasteiger partial charge in [-0.1, -0.05) is 42.6 Å². The van der Waals surface area contributed by atoms with Crippen molar-refractivity contribution in [3.8, 4) is 17.1 Å². The van der Waals surface area contributed by atoms with E-state index in [0.29, 0.717) is 52.6 Å².